The van der Waals surface area contributed by atoms with E-state index >= 15 is 0 Å². The molecular weight excluding hydrogens is 306 g/mol. The molecular formula is C18H19N3O3. The van der Waals surface area contributed by atoms with Crippen LogP contribution >= 0.6 is 0 Å². The van der Waals surface area contributed by atoms with E-state index < -0.39 is 0 Å². The van der Waals surface area contributed by atoms with E-state index in [0.29, 0.717) is 22.9 Å². The summed E-state index contributed by atoms with van der Waals surface area (Å²) in [6.45, 7) is 1.99. The number of amides is 1. The van der Waals surface area contributed by atoms with Gasteiger partial charge in [0.05, 0.1) is 32.0 Å². The molecule has 124 valence electrons. The monoisotopic (exact) mass is 325 g/mol. The topological polar surface area (TPSA) is 64.9 Å². The number of fused-ring (bicyclic) bond motifs is 1. The van der Waals surface area contributed by atoms with Crippen molar-refractivity contribution >= 4 is 17.2 Å². The second-order valence-corrected chi connectivity index (χ2v) is 5.45. The predicted molar refractivity (Wildman–Crippen MR) is 91.8 cm³/mol. The summed E-state index contributed by atoms with van der Waals surface area (Å²) in [6.07, 6.45) is 3.98. The molecule has 0 aliphatic carbocycles. The summed E-state index contributed by atoms with van der Waals surface area (Å²) in [5, 5.41) is 2.85. The Balaban J connectivity index is 1.76. The number of carbonyl (C=O) groups excluding carboxylic acids is 1. The molecule has 2 heterocycles. The average Bonchev–Trinajstić information content (AvgIpc) is 2.99. The van der Waals surface area contributed by atoms with Crippen molar-refractivity contribution in [3.8, 4) is 11.5 Å². The minimum Gasteiger partial charge on any atom is -0.497 e. The molecule has 0 bridgehead atoms. The van der Waals surface area contributed by atoms with Crippen molar-refractivity contribution in [3.63, 3.8) is 0 Å². The second-order valence-electron chi connectivity index (χ2n) is 5.45. The number of aryl methyl sites for hydroxylation is 1. The largest absolute Gasteiger partial charge is 0.497 e. The Morgan fingerprint density at radius 2 is 2.08 bits per heavy atom. The third kappa shape index (κ3) is 3.17. The molecule has 0 unspecified atom stereocenters. The SMILES string of the molecule is COc1ccc(NC(=O)Cc2cn3cccc(C)c3n2)c(OC)c1. The maximum Gasteiger partial charge on any atom is 0.230 e. The van der Waals surface area contributed by atoms with Crippen molar-refractivity contribution in [2.75, 3.05) is 19.5 Å². The van der Waals surface area contributed by atoms with Gasteiger partial charge in [0.2, 0.25) is 5.91 Å². The highest BCUT2D eigenvalue weighted by atomic mass is 16.5. The number of rotatable bonds is 5. The summed E-state index contributed by atoms with van der Waals surface area (Å²) in [6, 6.07) is 9.20. The second kappa shape index (κ2) is 6.62. The first-order valence-corrected chi connectivity index (χ1v) is 7.56. The van der Waals surface area contributed by atoms with Crippen LogP contribution in [0.1, 0.15) is 11.3 Å². The van der Waals surface area contributed by atoms with E-state index in [1.807, 2.05) is 35.9 Å². The fourth-order valence-electron chi connectivity index (χ4n) is 2.55. The maximum atomic E-state index is 12.3. The number of benzene rings is 1. The number of methoxy groups -OCH3 is 2. The number of carbonyl (C=O) groups is 1. The summed E-state index contributed by atoms with van der Waals surface area (Å²) in [7, 11) is 3.13. The number of anilines is 1. The van der Waals surface area contributed by atoms with Gasteiger partial charge in [-0.25, -0.2) is 4.98 Å². The van der Waals surface area contributed by atoms with Gasteiger partial charge in [0.1, 0.15) is 17.1 Å². The van der Waals surface area contributed by atoms with Gasteiger partial charge < -0.3 is 19.2 Å². The fraction of sp³-hybridized carbons (Fsp3) is 0.222. The number of hydrogen-bond acceptors (Lipinski definition) is 4. The Kier molecular flexibility index (Phi) is 4.37. The number of aromatic nitrogens is 2. The van der Waals surface area contributed by atoms with Gasteiger partial charge in [-0.3, -0.25) is 4.79 Å². The number of nitrogens with one attached hydrogen (secondary N) is 1. The van der Waals surface area contributed by atoms with E-state index in [1.165, 1.54) is 0 Å². The first-order chi connectivity index (χ1) is 11.6. The highest BCUT2D eigenvalue weighted by Crippen LogP contribution is 2.29. The molecule has 1 aromatic carbocycles. The maximum absolute atomic E-state index is 12.3. The Bertz CT molecular complexity index is 886. The van der Waals surface area contributed by atoms with Crippen molar-refractivity contribution in [3.05, 3.63) is 54.0 Å². The minimum absolute atomic E-state index is 0.153. The van der Waals surface area contributed by atoms with E-state index in [1.54, 1.807) is 32.4 Å². The molecule has 0 aliphatic heterocycles. The van der Waals surface area contributed by atoms with Gasteiger partial charge >= 0.3 is 0 Å². The van der Waals surface area contributed by atoms with E-state index in [2.05, 4.69) is 10.3 Å². The third-order valence-electron chi connectivity index (χ3n) is 3.75. The first kappa shape index (κ1) is 15.9. The van der Waals surface area contributed by atoms with Crippen molar-refractivity contribution in [2.24, 2.45) is 0 Å². The number of imidazole rings is 1. The summed E-state index contributed by atoms with van der Waals surface area (Å²) in [5.41, 5.74) is 3.25. The lowest BCUT2D eigenvalue weighted by Gasteiger charge is -2.11. The van der Waals surface area contributed by atoms with Crippen LogP contribution in [0.3, 0.4) is 0 Å². The van der Waals surface area contributed by atoms with Gasteiger partial charge in [-0.15, -0.1) is 0 Å². The van der Waals surface area contributed by atoms with Crippen LogP contribution in [0.25, 0.3) is 5.65 Å². The van der Waals surface area contributed by atoms with E-state index in [9.17, 15) is 4.79 Å². The Morgan fingerprint density at radius 1 is 1.25 bits per heavy atom. The molecule has 0 saturated carbocycles. The van der Waals surface area contributed by atoms with Gasteiger partial charge in [-0.2, -0.15) is 0 Å². The standard InChI is InChI=1S/C18H19N3O3/c1-12-5-4-8-21-11-13(19-18(12)21)9-17(22)20-15-7-6-14(23-2)10-16(15)24-3/h4-8,10-11H,9H2,1-3H3,(H,20,22). The Morgan fingerprint density at radius 3 is 2.79 bits per heavy atom. The quantitative estimate of drug-likeness (QED) is 0.783. The van der Waals surface area contributed by atoms with Crippen LogP contribution in [0.5, 0.6) is 11.5 Å². The normalized spacial score (nSPS) is 10.6. The minimum atomic E-state index is -0.153. The first-order valence-electron chi connectivity index (χ1n) is 7.56. The van der Waals surface area contributed by atoms with Gasteiger partial charge in [0.15, 0.2) is 0 Å². The van der Waals surface area contributed by atoms with Crippen LogP contribution in [0.15, 0.2) is 42.7 Å². The van der Waals surface area contributed by atoms with E-state index in [0.717, 1.165) is 11.2 Å². The summed E-state index contributed by atoms with van der Waals surface area (Å²) in [4.78, 5) is 16.8. The molecule has 0 aliphatic rings. The van der Waals surface area contributed by atoms with Crippen LogP contribution in [-0.2, 0) is 11.2 Å². The Hall–Kier alpha value is -3.02. The third-order valence-corrected chi connectivity index (χ3v) is 3.75. The molecule has 6 heteroatoms. The van der Waals surface area contributed by atoms with Crippen molar-refractivity contribution < 1.29 is 14.3 Å². The average molecular weight is 325 g/mol. The highest BCUT2D eigenvalue weighted by molar-refractivity contribution is 5.93. The van der Waals surface area contributed by atoms with E-state index in [4.69, 9.17) is 9.47 Å². The lowest BCUT2D eigenvalue weighted by Crippen LogP contribution is -2.15. The number of hydrogen-bond donors (Lipinski definition) is 1. The number of pyridine rings is 1. The van der Waals surface area contributed by atoms with Crippen molar-refractivity contribution in [2.45, 2.75) is 13.3 Å². The molecule has 0 atom stereocenters. The fourth-order valence-corrected chi connectivity index (χ4v) is 2.55. The van der Waals surface area contributed by atoms with Crippen LogP contribution in [0.2, 0.25) is 0 Å². The molecule has 0 radical (unpaired) electrons. The Labute approximate surface area is 140 Å². The number of ether oxygens (including phenoxy) is 2. The molecule has 0 fully saturated rings. The molecule has 3 aromatic rings. The molecule has 0 spiro atoms. The van der Waals surface area contributed by atoms with Gasteiger partial charge in [-0.05, 0) is 30.7 Å². The smallest absolute Gasteiger partial charge is 0.230 e. The molecule has 0 saturated heterocycles. The van der Waals surface area contributed by atoms with E-state index in [-0.39, 0.29) is 12.3 Å². The molecule has 2 aromatic heterocycles. The molecule has 1 amide bonds. The number of nitrogens with zero attached hydrogens (tertiary/aromatic N) is 2. The zero-order chi connectivity index (χ0) is 17.1. The summed E-state index contributed by atoms with van der Waals surface area (Å²) < 4.78 is 12.4. The van der Waals surface area contributed by atoms with Crippen LogP contribution in [0.4, 0.5) is 5.69 Å². The molecule has 24 heavy (non-hydrogen) atoms. The van der Waals surface area contributed by atoms with Crippen LogP contribution < -0.4 is 14.8 Å². The summed E-state index contributed by atoms with van der Waals surface area (Å²) in [5.74, 6) is 1.06. The van der Waals surface area contributed by atoms with Crippen molar-refractivity contribution in [1.82, 2.24) is 9.38 Å². The zero-order valence-corrected chi connectivity index (χ0v) is 13.9. The van der Waals surface area contributed by atoms with Gasteiger partial charge in [0.25, 0.3) is 0 Å². The van der Waals surface area contributed by atoms with Gasteiger partial charge in [-0.1, -0.05) is 6.07 Å². The summed E-state index contributed by atoms with van der Waals surface area (Å²) >= 11 is 0. The zero-order valence-electron chi connectivity index (χ0n) is 13.9. The predicted octanol–water partition coefficient (Wildman–Crippen LogP) is 2.84. The van der Waals surface area contributed by atoms with Gasteiger partial charge in [0, 0.05) is 18.5 Å². The molecule has 6 nitrogen and oxygen atoms in total. The highest BCUT2D eigenvalue weighted by Gasteiger charge is 2.12. The lowest BCUT2D eigenvalue weighted by atomic mass is 10.2. The lowest BCUT2D eigenvalue weighted by molar-refractivity contribution is -0.115. The van der Waals surface area contributed by atoms with Crippen LogP contribution in [-0.4, -0.2) is 29.5 Å². The van der Waals surface area contributed by atoms with Crippen LogP contribution in [0, 0.1) is 6.92 Å². The molecule has 3 rings (SSSR count). The van der Waals surface area contributed by atoms with Crippen molar-refractivity contribution in [1.29, 1.82) is 0 Å². The molecule has 1 N–H and O–H groups in total.